The summed E-state index contributed by atoms with van der Waals surface area (Å²) in [6.45, 7) is 6.40. The molecule has 36 heavy (non-hydrogen) atoms. The third kappa shape index (κ3) is 6.33. The van der Waals surface area contributed by atoms with Gasteiger partial charge in [0.2, 0.25) is 0 Å². The molecule has 0 fully saturated rings. The van der Waals surface area contributed by atoms with E-state index in [9.17, 15) is 14.7 Å². The van der Waals surface area contributed by atoms with Crippen LogP contribution in [0.2, 0.25) is 0 Å². The smallest absolute Gasteiger partial charge is 0.545 e. The fourth-order valence-corrected chi connectivity index (χ4v) is 4.80. The maximum absolute atomic E-state index is 13.7. The number of benzene rings is 3. The van der Waals surface area contributed by atoms with E-state index in [1.54, 1.807) is 42.1 Å². The minimum Gasteiger partial charge on any atom is -0.545 e. The number of rotatable bonds is 7. The third-order valence-electron chi connectivity index (χ3n) is 5.88. The first kappa shape index (κ1) is 28.3. The first-order chi connectivity index (χ1) is 16.7. The second kappa shape index (κ2) is 11.8. The Morgan fingerprint density at radius 3 is 2.08 bits per heavy atom. The average molecular weight is 525 g/mol. The molecule has 0 unspecified atom stereocenters. The van der Waals surface area contributed by atoms with Crippen LogP contribution in [0.5, 0.6) is 0 Å². The predicted octanol–water partition coefficient (Wildman–Crippen LogP) is 2.34. The monoisotopic (exact) mass is 524 g/mol. The fourth-order valence-electron chi connectivity index (χ4n) is 3.88. The molecule has 0 atom stereocenters. The Morgan fingerprint density at radius 1 is 0.889 bits per heavy atom. The molecule has 0 amide bonds. The zero-order valence-electron chi connectivity index (χ0n) is 21.0. The molecule has 0 bridgehead atoms. The Bertz CT molecular complexity index is 1420. The first-order valence-electron chi connectivity index (χ1n) is 11.1. The van der Waals surface area contributed by atoms with Gasteiger partial charge >= 0.3 is 29.6 Å². The van der Waals surface area contributed by atoms with Crippen molar-refractivity contribution in [3.63, 3.8) is 0 Å². The Balaban J connectivity index is 0.00000361. The molecule has 0 saturated heterocycles. The predicted molar refractivity (Wildman–Crippen MR) is 141 cm³/mol. The number of hydrogen-bond acceptors (Lipinski definition) is 7. The number of carboxylic acid groups (broad SMARTS) is 1. The number of nitrogens with zero attached hydrogens (tertiary/aromatic N) is 2. The number of carbonyl (C=O) groups is 2. The number of ketones is 1. The maximum Gasteiger partial charge on any atom is 1.00 e. The third-order valence-corrected chi connectivity index (χ3v) is 7.18. The van der Waals surface area contributed by atoms with Crippen molar-refractivity contribution in [1.29, 1.82) is 0 Å². The van der Waals surface area contributed by atoms with Gasteiger partial charge in [0.15, 0.2) is 5.78 Å². The van der Waals surface area contributed by atoms with Crippen molar-refractivity contribution >= 4 is 51.8 Å². The van der Waals surface area contributed by atoms with E-state index < -0.39 is 5.97 Å². The molecule has 8 heteroatoms. The van der Waals surface area contributed by atoms with E-state index in [2.05, 4.69) is 29.5 Å². The van der Waals surface area contributed by atoms with Crippen LogP contribution < -0.4 is 34.7 Å². The Labute approximate surface area is 241 Å². The van der Waals surface area contributed by atoms with Gasteiger partial charge in [-0.05, 0) is 64.8 Å². The van der Waals surface area contributed by atoms with Crippen LogP contribution in [0.4, 0.5) is 0 Å². The van der Waals surface area contributed by atoms with Gasteiger partial charge in [-0.15, -0.1) is 11.8 Å². The Morgan fingerprint density at radius 2 is 1.50 bits per heavy atom. The van der Waals surface area contributed by atoms with Gasteiger partial charge in [-0.2, -0.15) is 8.75 Å². The molecular weight excluding hydrogens is 499 g/mol. The SMILES string of the molecule is CSc1ccc(C(=O)C(Cc2ccc(C(C)(C)C)cc2)=C(C(=O)[O-])c2ccc3nsnc3c2)cc1.[Na+]. The van der Waals surface area contributed by atoms with Gasteiger partial charge in [-0.25, -0.2) is 0 Å². The first-order valence-corrected chi connectivity index (χ1v) is 13.1. The van der Waals surface area contributed by atoms with Gasteiger partial charge in [0.05, 0.1) is 17.7 Å². The fraction of sp³-hybridized carbons (Fsp3) is 0.214. The number of carboxylic acids is 1. The van der Waals surface area contributed by atoms with Crippen molar-refractivity contribution in [2.45, 2.75) is 37.5 Å². The number of allylic oxidation sites excluding steroid dienone is 1. The van der Waals surface area contributed by atoms with Crippen LogP contribution in [-0.4, -0.2) is 26.8 Å². The molecule has 0 radical (unpaired) electrons. The molecule has 0 spiro atoms. The number of aliphatic carboxylic acids is 1. The van der Waals surface area contributed by atoms with Crippen LogP contribution >= 0.6 is 23.5 Å². The maximum atomic E-state index is 13.7. The van der Waals surface area contributed by atoms with Crippen LogP contribution in [-0.2, 0) is 16.6 Å². The van der Waals surface area contributed by atoms with Gasteiger partial charge in [0.1, 0.15) is 11.0 Å². The standard InChI is InChI=1S/C28H26N2O3S2.Na/c1-28(2,3)20-10-5-17(6-11-20)15-22(26(31)18-7-12-21(34-4)13-8-18)25(27(32)33)19-9-14-23-24(16-19)30-35-29-23;/h5-14,16H,15H2,1-4H3,(H,32,33);/q;+1/p-1. The van der Waals surface area contributed by atoms with Crippen LogP contribution in [0.25, 0.3) is 16.6 Å². The van der Waals surface area contributed by atoms with Crippen LogP contribution in [0, 0.1) is 0 Å². The number of Topliss-reactive ketones (excluding diaryl/α,β-unsaturated/α-hetero) is 1. The topological polar surface area (TPSA) is 83.0 Å². The summed E-state index contributed by atoms with van der Waals surface area (Å²) in [7, 11) is 0. The van der Waals surface area contributed by atoms with E-state index in [1.165, 1.54) is 0 Å². The van der Waals surface area contributed by atoms with Crippen molar-refractivity contribution in [1.82, 2.24) is 8.75 Å². The molecule has 0 aliphatic carbocycles. The van der Waals surface area contributed by atoms with Crippen molar-refractivity contribution < 1.29 is 44.3 Å². The largest absolute Gasteiger partial charge is 1.00 e. The zero-order valence-corrected chi connectivity index (χ0v) is 24.6. The summed E-state index contributed by atoms with van der Waals surface area (Å²) in [5, 5.41) is 12.5. The summed E-state index contributed by atoms with van der Waals surface area (Å²) >= 11 is 2.63. The Kier molecular flexibility index (Phi) is 9.30. The minimum absolute atomic E-state index is 0. The van der Waals surface area contributed by atoms with Crippen molar-refractivity contribution in [3.05, 3.63) is 94.6 Å². The van der Waals surface area contributed by atoms with Crippen molar-refractivity contribution in [2.24, 2.45) is 0 Å². The van der Waals surface area contributed by atoms with Crippen molar-refractivity contribution in [3.8, 4) is 0 Å². The summed E-state index contributed by atoms with van der Waals surface area (Å²) < 4.78 is 8.41. The van der Waals surface area contributed by atoms with E-state index in [0.717, 1.165) is 27.8 Å². The molecule has 3 aromatic carbocycles. The number of fused-ring (bicyclic) bond motifs is 1. The van der Waals surface area contributed by atoms with Gasteiger partial charge in [-0.3, -0.25) is 4.79 Å². The molecule has 4 aromatic rings. The summed E-state index contributed by atoms with van der Waals surface area (Å²) in [5.74, 6) is -1.74. The second-order valence-electron chi connectivity index (χ2n) is 9.29. The number of thioether (sulfide) groups is 1. The molecule has 1 aromatic heterocycles. The Hall–Kier alpha value is -2.29. The molecule has 5 nitrogen and oxygen atoms in total. The molecule has 4 rings (SSSR count). The zero-order chi connectivity index (χ0) is 25.2. The minimum atomic E-state index is -1.40. The van der Waals surface area contributed by atoms with E-state index in [4.69, 9.17) is 0 Å². The molecule has 1 heterocycles. The summed E-state index contributed by atoms with van der Waals surface area (Å²) in [6, 6.07) is 20.2. The second-order valence-corrected chi connectivity index (χ2v) is 10.7. The van der Waals surface area contributed by atoms with Crippen molar-refractivity contribution in [2.75, 3.05) is 6.26 Å². The summed E-state index contributed by atoms with van der Waals surface area (Å²) in [4.78, 5) is 27.2. The van der Waals surface area contributed by atoms with Gasteiger partial charge in [0.25, 0.3) is 0 Å². The van der Waals surface area contributed by atoms with Crippen LogP contribution in [0.1, 0.15) is 47.8 Å². The molecule has 178 valence electrons. The van der Waals surface area contributed by atoms with E-state index >= 15 is 0 Å². The number of aromatic nitrogens is 2. The molecular formula is C28H25N2NaO3S2. The molecule has 0 saturated carbocycles. The molecule has 0 aliphatic rings. The summed E-state index contributed by atoms with van der Waals surface area (Å²) in [6.07, 6.45) is 2.12. The van der Waals surface area contributed by atoms with Crippen LogP contribution in [0.15, 0.2) is 77.2 Å². The number of carbonyl (C=O) groups excluding carboxylic acids is 2. The van der Waals surface area contributed by atoms with E-state index in [1.807, 2.05) is 42.7 Å². The normalized spacial score (nSPS) is 12.1. The summed E-state index contributed by atoms with van der Waals surface area (Å²) in [5.41, 5.74) is 4.10. The van der Waals surface area contributed by atoms with Gasteiger partial charge < -0.3 is 9.90 Å². The molecule has 0 aliphatic heterocycles. The van der Waals surface area contributed by atoms with E-state index in [0.29, 0.717) is 22.2 Å². The average Bonchev–Trinajstić information content (AvgIpc) is 3.31. The van der Waals surface area contributed by atoms with Crippen LogP contribution in [0.3, 0.4) is 0 Å². The van der Waals surface area contributed by atoms with E-state index in [-0.39, 0.29) is 58.3 Å². The number of hydrogen-bond donors (Lipinski definition) is 0. The van der Waals surface area contributed by atoms with Gasteiger partial charge in [-0.1, -0.05) is 51.1 Å². The van der Waals surface area contributed by atoms with Gasteiger partial charge in [0, 0.05) is 28.0 Å². The quantitative estimate of drug-likeness (QED) is 0.160. The molecule has 0 N–H and O–H groups in total.